The second-order valence-corrected chi connectivity index (χ2v) is 23.4. The maximum absolute atomic E-state index is 12.9. The van der Waals surface area contributed by atoms with Gasteiger partial charge in [0.05, 0.1) is 0 Å². The largest absolute Gasteiger partial charge is 0.462 e. The molecule has 6 nitrogen and oxygen atoms in total. The highest BCUT2D eigenvalue weighted by molar-refractivity contribution is 5.71. The fraction of sp³-hybridized carbons (Fsp3) is 0.773. The third kappa shape index (κ3) is 67.3. The minimum atomic E-state index is -0.793. The molecule has 0 spiro atoms. The molecule has 6 heteroatoms. The minimum absolute atomic E-state index is 0.0858. The molecule has 0 radical (unpaired) electrons. The van der Waals surface area contributed by atoms with E-state index in [2.05, 4.69) is 106 Å². The topological polar surface area (TPSA) is 78.9 Å². The van der Waals surface area contributed by atoms with Crippen LogP contribution in [-0.2, 0) is 28.6 Å². The van der Waals surface area contributed by atoms with Crippen LogP contribution in [-0.4, -0.2) is 37.2 Å². The van der Waals surface area contributed by atoms with Crippen molar-refractivity contribution in [3.63, 3.8) is 0 Å². The Morgan fingerprint density at radius 2 is 0.481 bits per heavy atom. The first kappa shape index (κ1) is 77.6. The molecule has 0 saturated heterocycles. The molecule has 1 atom stereocenters. The summed E-state index contributed by atoms with van der Waals surface area (Å²) in [4.78, 5) is 38.4. The fourth-order valence-electron chi connectivity index (χ4n) is 10.2. The van der Waals surface area contributed by atoms with Crippen LogP contribution in [0.2, 0.25) is 0 Å². The van der Waals surface area contributed by atoms with Gasteiger partial charge in [0.15, 0.2) is 6.10 Å². The predicted octanol–water partition coefficient (Wildman–Crippen LogP) is 24.2. The highest BCUT2D eigenvalue weighted by Crippen LogP contribution is 2.18. The van der Waals surface area contributed by atoms with Gasteiger partial charge in [0.2, 0.25) is 0 Å². The zero-order chi connectivity index (χ0) is 58.5. The Morgan fingerprint density at radius 3 is 0.753 bits per heavy atom. The molecular weight excluding hydrogens is 997 g/mol. The highest BCUT2D eigenvalue weighted by Gasteiger charge is 2.19. The lowest BCUT2D eigenvalue weighted by atomic mass is 10.0. The number of hydrogen-bond donors (Lipinski definition) is 0. The van der Waals surface area contributed by atoms with Crippen LogP contribution in [0.15, 0.2) is 85.1 Å². The molecule has 0 N–H and O–H groups in total. The zero-order valence-electron chi connectivity index (χ0n) is 53.8. The Labute approximate surface area is 503 Å². The predicted molar refractivity (Wildman–Crippen MR) is 353 cm³/mol. The smallest absolute Gasteiger partial charge is 0.306 e. The monoisotopic (exact) mass is 1130 g/mol. The van der Waals surface area contributed by atoms with Crippen molar-refractivity contribution < 1.29 is 28.6 Å². The molecule has 0 aromatic heterocycles. The van der Waals surface area contributed by atoms with Crippen LogP contribution >= 0.6 is 0 Å². The molecule has 0 heterocycles. The van der Waals surface area contributed by atoms with Crippen molar-refractivity contribution in [2.24, 2.45) is 0 Å². The van der Waals surface area contributed by atoms with E-state index in [0.29, 0.717) is 19.3 Å². The molecule has 0 aromatic rings. The van der Waals surface area contributed by atoms with Gasteiger partial charge in [0.1, 0.15) is 13.2 Å². The van der Waals surface area contributed by atoms with Crippen molar-refractivity contribution in [1.29, 1.82) is 0 Å². The Hall–Kier alpha value is -3.41. The molecule has 0 aliphatic heterocycles. The number of rotatable bonds is 64. The highest BCUT2D eigenvalue weighted by atomic mass is 16.6. The molecule has 0 bridgehead atoms. The van der Waals surface area contributed by atoms with Crippen LogP contribution in [0, 0.1) is 0 Å². The van der Waals surface area contributed by atoms with Gasteiger partial charge >= 0.3 is 17.9 Å². The summed E-state index contributed by atoms with van der Waals surface area (Å²) in [5.74, 6) is -0.900. The molecule has 0 aliphatic carbocycles. The first-order valence-corrected chi connectivity index (χ1v) is 35.1. The van der Waals surface area contributed by atoms with Crippen LogP contribution in [0.25, 0.3) is 0 Å². The van der Waals surface area contributed by atoms with E-state index in [1.807, 2.05) is 0 Å². The van der Waals surface area contributed by atoms with Crippen molar-refractivity contribution >= 4 is 17.9 Å². The van der Waals surface area contributed by atoms with E-state index >= 15 is 0 Å². The lowest BCUT2D eigenvalue weighted by Crippen LogP contribution is -2.30. The molecule has 1 unspecified atom stereocenters. The average molecular weight is 1130 g/mol. The van der Waals surface area contributed by atoms with E-state index < -0.39 is 6.10 Å². The van der Waals surface area contributed by atoms with Crippen molar-refractivity contribution in [3.05, 3.63) is 85.1 Å². The SMILES string of the molecule is CC/C=C\C/C=C\C/C=C\C/C=C\C/C=C\C/C=C\C/C=C\CCCCCC(=O)OC(COC(=O)CCCCCCCCCCCCCC)COC(=O)CCCCCCCCCCCCCCCCCCCCCCCCCCCC. The van der Waals surface area contributed by atoms with Crippen molar-refractivity contribution in [1.82, 2.24) is 0 Å². The summed E-state index contributed by atoms with van der Waals surface area (Å²) in [5, 5.41) is 0. The van der Waals surface area contributed by atoms with Crippen LogP contribution in [0.1, 0.15) is 355 Å². The quantitative estimate of drug-likeness (QED) is 0.0261. The van der Waals surface area contributed by atoms with E-state index in [1.54, 1.807) is 0 Å². The second-order valence-electron chi connectivity index (χ2n) is 23.4. The molecule has 468 valence electrons. The van der Waals surface area contributed by atoms with Gasteiger partial charge in [0, 0.05) is 19.3 Å². The first-order chi connectivity index (χ1) is 40.0. The van der Waals surface area contributed by atoms with Crippen LogP contribution < -0.4 is 0 Å². The third-order valence-corrected chi connectivity index (χ3v) is 15.4. The molecule has 0 aliphatic rings. The lowest BCUT2D eigenvalue weighted by molar-refractivity contribution is -0.167. The number of allylic oxidation sites excluding steroid dienone is 14. The van der Waals surface area contributed by atoms with Gasteiger partial charge in [-0.1, -0.05) is 343 Å². The van der Waals surface area contributed by atoms with Gasteiger partial charge in [-0.3, -0.25) is 14.4 Å². The van der Waals surface area contributed by atoms with E-state index in [9.17, 15) is 14.4 Å². The Morgan fingerprint density at radius 1 is 0.259 bits per heavy atom. The summed E-state index contributed by atoms with van der Waals surface area (Å²) in [6.07, 6.45) is 91.9. The van der Waals surface area contributed by atoms with Crippen molar-refractivity contribution in [2.45, 2.75) is 361 Å². The van der Waals surface area contributed by atoms with Gasteiger partial charge in [-0.05, 0) is 77.0 Å². The molecule has 0 rings (SSSR count). The Balaban J connectivity index is 4.30. The average Bonchev–Trinajstić information content (AvgIpc) is 3.47. The summed E-state index contributed by atoms with van der Waals surface area (Å²) in [6, 6.07) is 0. The number of ether oxygens (including phenoxy) is 3. The molecule has 0 saturated carbocycles. The summed E-state index contributed by atoms with van der Waals surface area (Å²) in [6.45, 7) is 6.55. The number of unbranched alkanes of at least 4 members (excludes halogenated alkanes) is 39. The minimum Gasteiger partial charge on any atom is -0.462 e. The molecule has 0 amide bonds. The maximum Gasteiger partial charge on any atom is 0.306 e. The summed E-state index contributed by atoms with van der Waals surface area (Å²) < 4.78 is 16.9. The number of carbonyl (C=O) groups is 3. The lowest BCUT2D eigenvalue weighted by Gasteiger charge is -2.18. The first-order valence-electron chi connectivity index (χ1n) is 35.1. The summed E-state index contributed by atoms with van der Waals surface area (Å²) in [5.41, 5.74) is 0. The standard InChI is InChI=1S/C75H132O6/c1-4-7-10-13-16-19-22-25-27-29-31-33-35-37-39-40-42-44-46-48-50-53-56-59-62-65-68-74(77)80-71-72(70-79-73(76)67-64-61-58-55-52-24-21-18-15-12-9-6-3)81-75(78)69-66-63-60-57-54-51-49-47-45-43-41-38-36-34-32-30-28-26-23-20-17-14-11-8-5-2/h8,11,17,20,26,28,32,34,38,41,45,47,51,54,72H,4-7,9-10,12-16,18-19,21-25,27,29-31,33,35-37,39-40,42-44,46,48-50,52-53,55-71H2,1-3H3/b11-8-,20-17-,28-26-,34-32-,41-38-,47-45-,54-51-. The van der Waals surface area contributed by atoms with Crippen molar-refractivity contribution in [2.75, 3.05) is 13.2 Å². The van der Waals surface area contributed by atoms with E-state index in [-0.39, 0.29) is 31.1 Å². The van der Waals surface area contributed by atoms with Gasteiger partial charge in [-0.2, -0.15) is 0 Å². The molecule has 81 heavy (non-hydrogen) atoms. The third-order valence-electron chi connectivity index (χ3n) is 15.4. The second kappa shape index (κ2) is 69.1. The number of hydrogen-bond acceptors (Lipinski definition) is 6. The van der Waals surface area contributed by atoms with Crippen LogP contribution in [0.5, 0.6) is 0 Å². The normalized spacial score (nSPS) is 12.6. The van der Waals surface area contributed by atoms with Crippen molar-refractivity contribution in [3.8, 4) is 0 Å². The van der Waals surface area contributed by atoms with Gasteiger partial charge in [0.25, 0.3) is 0 Å². The number of carbonyl (C=O) groups excluding carboxylic acids is 3. The van der Waals surface area contributed by atoms with Crippen LogP contribution in [0.3, 0.4) is 0 Å². The van der Waals surface area contributed by atoms with Crippen LogP contribution in [0.4, 0.5) is 0 Å². The zero-order valence-corrected chi connectivity index (χ0v) is 53.8. The molecule has 0 aromatic carbocycles. The van der Waals surface area contributed by atoms with E-state index in [4.69, 9.17) is 14.2 Å². The number of esters is 3. The Bertz CT molecular complexity index is 1530. The van der Waals surface area contributed by atoms with E-state index in [1.165, 1.54) is 205 Å². The molecule has 0 fully saturated rings. The van der Waals surface area contributed by atoms with Gasteiger partial charge in [-0.15, -0.1) is 0 Å². The fourth-order valence-corrected chi connectivity index (χ4v) is 10.2. The maximum atomic E-state index is 12.9. The Kier molecular flexibility index (Phi) is 66.2. The summed E-state index contributed by atoms with van der Waals surface area (Å²) in [7, 11) is 0. The van der Waals surface area contributed by atoms with E-state index in [0.717, 1.165) is 109 Å². The summed E-state index contributed by atoms with van der Waals surface area (Å²) >= 11 is 0. The van der Waals surface area contributed by atoms with Gasteiger partial charge in [-0.25, -0.2) is 0 Å². The van der Waals surface area contributed by atoms with Gasteiger partial charge < -0.3 is 14.2 Å². The molecular formula is C75H132O6.